The summed E-state index contributed by atoms with van der Waals surface area (Å²) in [5.74, 6) is -1.13. The SMILES string of the molecule is CCCCCCCCCC(CC(=O)NO)C(=O)NC(CO)C(C)C. The molecule has 0 heterocycles. The van der Waals surface area contributed by atoms with E-state index in [1.54, 1.807) is 5.48 Å². The topological polar surface area (TPSA) is 98.7 Å². The molecule has 0 spiro atoms. The van der Waals surface area contributed by atoms with E-state index in [-0.39, 0.29) is 30.9 Å². The Labute approximate surface area is 146 Å². The number of hydrogen-bond acceptors (Lipinski definition) is 4. The molecule has 2 unspecified atom stereocenters. The summed E-state index contributed by atoms with van der Waals surface area (Å²) < 4.78 is 0. The minimum absolute atomic E-state index is 0.0333. The number of aliphatic hydroxyl groups excluding tert-OH is 1. The second-order valence-corrected chi connectivity index (χ2v) is 6.89. The average molecular weight is 344 g/mol. The highest BCUT2D eigenvalue weighted by Gasteiger charge is 2.24. The number of hydroxylamine groups is 1. The molecule has 0 aliphatic heterocycles. The Kier molecular flexibility index (Phi) is 13.5. The normalized spacial score (nSPS) is 13.6. The summed E-state index contributed by atoms with van der Waals surface area (Å²) in [7, 11) is 0. The molecule has 2 amide bonds. The van der Waals surface area contributed by atoms with Crippen LogP contribution in [0.25, 0.3) is 0 Å². The van der Waals surface area contributed by atoms with Crippen LogP contribution in [-0.2, 0) is 9.59 Å². The molecule has 0 fully saturated rings. The molecule has 0 aliphatic rings. The zero-order valence-corrected chi connectivity index (χ0v) is 15.5. The largest absolute Gasteiger partial charge is 0.394 e. The molecule has 0 saturated heterocycles. The number of hydrogen-bond donors (Lipinski definition) is 4. The van der Waals surface area contributed by atoms with Crippen LogP contribution >= 0.6 is 0 Å². The van der Waals surface area contributed by atoms with Crippen LogP contribution in [-0.4, -0.2) is 34.8 Å². The maximum atomic E-state index is 12.4. The minimum atomic E-state index is -0.553. The molecule has 24 heavy (non-hydrogen) atoms. The van der Waals surface area contributed by atoms with Gasteiger partial charge in [0.05, 0.1) is 12.6 Å². The standard InChI is InChI=1S/C18H36N2O4/c1-4-5-6-7-8-9-10-11-15(12-17(22)20-24)18(23)19-16(13-21)14(2)3/h14-16,21,24H,4-13H2,1-3H3,(H,19,23)(H,20,22). The van der Waals surface area contributed by atoms with E-state index in [9.17, 15) is 14.7 Å². The molecular weight excluding hydrogens is 308 g/mol. The fourth-order valence-corrected chi connectivity index (χ4v) is 2.67. The van der Waals surface area contributed by atoms with Crippen LogP contribution in [0, 0.1) is 11.8 Å². The van der Waals surface area contributed by atoms with Crippen LogP contribution in [0.4, 0.5) is 0 Å². The lowest BCUT2D eigenvalue weighted by molar-refractivity contribution is -0.135. The lowest BCUT2D eigenvalue weighted by Gasteiger charge is -2.23. The van der Waals surface area contributed by atoms with Crippen molar-refractivity contribution in [2.75, 3.05) is 6.61 Å². The van der Waals surface area contributed by atoms with Gasteiger partial charge in [-0.25, -0.2) is 5.48 Å². The molecule has 4 N–H and O–H groups in total. The Morgan fingerprint density at radius 3 is 2.08 bits per heavy atom. The summed E-state index contributed by atoms with van der Waals surface area (Å²) in [6, 6.07) is -0.314. The summed E-state index contributed by atoms with van der Waals surface area (Å²) in [6.07, 6.45) is 8.60. The number of carbonyl (C=O) groups is 2. The van der Waals surface area contributed by atoms with Gasteiger partial charge in [-0.3, -0.25) is 14.8 Å². The molecule has 2 atom stereocenters. The zero-order valence-electron chi connectivity index (χ0n) is 15.5. The molecule has 0 radical (unpaired) electrons. The fourth-order valence-electron chi connectivity index (χ4n) is 2.67. The Balaban J connectivity index is 4.36. The van der Waals surface area contributed by atoms with Crippen LogP contribution in [0.3, 0.4) is 0 Å². The van der Waals surface area contributed by atoms with E-state index in [0.29, 0.717) is 6.42 Å². The van der Waals surface area contributed by atoms with Crippen LogP contribution < -0.4 is 10.8 Å². The van der Waals surface area contributed by atoms with Crippen molar-refractivity contribution in [3.63, 3.8) is 0 Å². The molecule has 0 aromatic rings. The third-order valence-electron chi connectivity index (χ3n) is 4.41. The lowest BCUT2D eigenvalue weighted by atomic mass is 9.94. The van der Waals surface area contributed by atoms with Gasteiger partial charge in [0.15, 0.2) is 0 Å². The van der Waals surface area contributed by atoms with Crippen molar-refractivity contribution >= 4 is 11.8 Å². The highest BCUT2D eigenvalue weighted by molar-refractivity contribution is 5.85. The highest BCUT2D eigenvalue weighted by Crippen LogP contribution is 2.17. The van der Waals surface area contributed by atoms with Gasteiger partial charge in [0.25, 0.3) is 0 Å². The first-order valence-corrected chi connectivity index (χ1v) is 9.30. The summed E-state index contributed by atoms with van der Waals surface area (Å²) in [6.45, 7) is 5.91. The number of unbranched alkanes of at least 4 members (excludes halogenated alkanes) is 6. The van der Waals surface area contributed by atoms with E-state index in [1.165, 1.54) is 25.7 Å². The first-order chi connectivity index (χ1) is 11.5. The van der Waals surface area contributed by atoms with Crippen LogP contribution in [0.2, 0.25) is 0 Å². The number of rotatable bonds is 14. The minimum Gasteiger partial charge on any atom is -0.394 e. The van der Waals surface area contributed by atoms with Gasteiger partial charge in [-0.15, -0.1) is 0 Å². The number of carbonyl (C=O) groups excluding carboxylic acids is 2. The van der Waals surface area contributed by atoms with Gasteiger partial charge in [-0.05, 0) is 12.3 Å². The van der Waals surface area contributed by atoms with Crippen molar-refractivity contribution in [2.45, 2.75) is 84.6 Å². The van der Waals surface area contributed by atoms with Crippen molar-refractivity contribution in [3.8, 4) is 0 Å². The average Bonchev–Trinajstić information content (AvgIpc) is 2.56. The number of nitrogens with one attached hydrogen (secondary N) is 2. The van der Waals surface area contributed by atoms with E-state index in [1.807, 2.05) is 13.8 Å². The summed E-state index contributed by atoms with van der Waals surface area (Å²) in [5.41, 5.74) is 1.60. The molecule has 142 valence electrons. The lowest BCUT2D eigenvalue weighted by Crippen LogP contribution is -2.44. The van der Waals surface area contributed by atoms with Gasteiger partial charge in [-0.2, -0.15) is 0 Å². The van der Waals surface area contributed by atoms with Crippen molar-refractivity contribution in [3.05, 3.63) is 0 Å². The summed E-state index contributed by atoms with van der Waals surface area (Å²) >= 11 is 0. The molecule has 0 aliphatic carbocycles. The van der Waals surface area contributed by atoms with Gasteiger partial charge >= 0.3 is 0 Å². The van der Waals surface area contributed by atoms with Crippen molar-refractivity contribution < 1.29 is 19.9 Å². The van der Waals surface area contributed by atoms with E-state index in [0.717, 1.165) is 19.3 Å². The Bertz CT molecular complexity index is 348. The Morgan fingerprint density at radius 1 is 1.00 bits per heavy atom. The third-order valence-corrected chi connectivity index (χ3v) is 4.41. The van der Waals surface area contributed by atoms with E-state index < -0.39 is 11.8 Å². The third kappa shape index (κ3) is 10.6. The van der Waals surface area contributed by atoms with E-state index in [2.05, 4.69) is 12.2 Å². The first kappa shape index (κ1) is 22.9. The molecular formula is C18H36N2O4. The Morgan fingerprint density at radius 2 is 1.58 bits per heavy atom. The maximum Gasteiger partial charge on any atom is 0.244 e. The van der Waals surface area contributed by atoms with Gasteiger partial charge in [-0.1, -0.05) is 65.7 Å². The van der Waals surface area contributed by atoms with Crippen molar-refractivity contribution in [1.29, 1.82) is 0 Å². The number of amides is 2. The van der Waals surface area contributed by atoms with E-state index >= 15 is 0 Å². The quantitative estimate of drug-likeness (QED) is 0.221. The fraction of sp³-hybridized carbons (Fsp3) is 0.889. The second-order valence-electron chi connectivity index (χ2n) is 6.89. The predicted molar refractivity (Wildman–Crippen MR) is 94.5 cm³/mol. The smallest absolute Gasteiger partial charge is 0.244 e. The molecule has 0 aromatic carbocycles. The molecule has 0 rings (SSSR count). The summed E-state index contributed by atoms with van der Waals surface area (Å²) in [4.78, 5) is 23.8. The molecule has 0 saturated carbocycles. The van der Waals surface area contributed by atoms with Crippen molar-refractivity contribution in [2.24, 2.45) is 11.8 Å². The molecule has 6 nitrogen and oxygen atoms in total. The van der Waals surface area contributed by atoms with Gasteiger partial charge in [0.2, 0.25) is 11.8 Å². The molecule has 6 heteroatoms. The maximum absolute atomic E-state index is 12.4. The highest BCUT2D eigenvalue weighted by atomic mass is 16.5. The van der Waals surface area contributed by atoms with Gasteiger partial charge in [0, 0.05) is 12.3 Å². The first-order valence-electron chi connectivity index (χ1n) is 9.30. The van der Waals surface area contributed by atoms with Gasteiger partial charge < -0.3 is 10.4 Å². The molecule has 0 bridgehead atoms. The van der Waals surface area contributed by atoms with Crippen molar-refractivity contribution in [1.82, 2.24) is 10.8 Å². The summed E-state index contributed by atoms with van der Waals surface area (Å²) in [5, 5.41) is 20.9. The molecule has 0 aromatic heterocycles. The monoisotopic (exact) mass is 344 g/mol. The second kappa shape index (κ2) is 14.2. The van der Waals surface area contributed by atoms with E-state index in [4.69, 9.17) is 5.21 Å². The Hall–Kier alpha value is -1.14. The van der Waals surface area contributed by atoms with Crippen LogP contribution in [0.15, 0.2) is 0 Å². The van der Waals surface area contributed by atoms with Crippen LogP contribution in [0.1, 0.15) is 78.6 Å². The predicted octanol–water partition coefficient (Wildman–Crippen LogP) is 2.77. The van der Waals surface area contributed by atoms with Gasteiger partial charge in [0.1, 0.15) is 0 Å². The zero-order chi connectivity index (χ0) is 18.4. The van der Waals surface area contributed by atoms with Crippen LogP contribution in [0.5, 0.6) is 0 Å². The number of aliphatic hydroxyl groups is 1.